The van der Waals surface area contributed by atoms with Gasteiger partial charge in [-0.2, -0.15) is 0 Å². The molecule has 0 unspecified atom stereocenters. The molecular weight excluding hydrogens is 274 g/mol. The Hall–Kier alpha value is -1.84. The molecule has 1 aromatic rings. The minimum atomic E-state index is -0.171. The highest BCUT2D eigenvalue weighted by atomic mass is 32.1. The molecule has 6 heteroatoms. The van der Waals surface area contributed by atoms with Crippen LogP contribution in [0.1, 0.15) is 29.1 Å². The van der Waals surface area contributed by atoms with Gasteiger partial charge in [-0.15, -0.1) is 11.3 Å². The van der Waals surface area contributed by atoms with Gasteiger partial charge >= 0.3 is 0 Å². The zero-order chi connectivity index (χ0) is 15.0. The van der Waals surface area contributed by atoms with Crippen LogP contribution in [0.3, 0.4) is 0 Å². The second-order valence-electron chi connectivity index (χ2n) is 3.94. The molecule has 1 aromatic heterocycles. The molecule has 1 rings (SSSR count). The third-order valence-electron chi connectivity index (χ3n) is 2.56. The van der Waals surface area contributed by atoms with Crippen LogP contribution < -0.4 is 11.1 Å². The lowest BCUT2D eigenvalue weighted by atomic mass is 10.2. The molecule has 0 atom stereocenters. The lowest BCUT2D eigenvalue weighted by Gasteiger charge is -2.19. The summed E-state index contributed by atoms with van der Waals surface area (Å²) >= 11 is 1.33. The van der Waals surface area contributed by atoms with Crippen molar-refractivity contribution < 1.29 is 9.59 Å². The number of likely N-dealkylation sites (N-methyl/N-ethyl adjacent to an activating group) is 2. The van der Waals surface area contributed by atoms with Crippen LogP contribution in [0.25, 0.3) is 0 Å². The van der Waals surface area contributed by atoms with Crippen molar-refractivity contribution in [3.05, 3.63) is 21.9 Å². The molecule has 0 aliphatic rings. The first-order valence-electron chi connectivity index (χ1n) is 6.46. The molecule has 20 heavy (non-hydrogen) atoms. The zero-order valence-corrected chi connectivity index (χ0v) is 12.5. The van der Waals surface area contributed by atoms with E-state index in [1.54, 1.807) is 6.07 Å². The summed E-state index contributed by atoms with van der Waals surface area (Å²) in [4.78, 5) is 26.1. The Morgan fingerprint density at radius 1 is 1.45 bits per heavy atom. The van der Waals surface area contributed by atoms with Gasteiger partial charge < -0.3 is 16.0 Å². The number of hydrogen-bond donors (Lipinski definition) is 2. The first-order chi connectivity index (χ1) is 9.63. The van der Waals surface area contributed by atoms with Gasteiger partial charge in [0.05, 0.1) is 13.1 Å². The van der Waals surface area contributed by atoms with Crippen LogP contribution >= 0.6 is 11.3 Å². The first-order valence-corrected chi connectivity index (χ1v) is 7.34. The molecule has 0 bridgehead atoms. The fourth-order valence-electron chi connectivity index (χ4n) is 1.62. The summed E-state index contributed by atoms with van der Waals surface area (Å²) in [7, 11) is 0. The van der Waals surface area contributed by atoms with Crippen LogP contribution in [0.2, 0.25) is 0 Å². The van der Waals surface area contributed by atoms with Crippen LogP contribution in [0.4, 0.5) is 0 Å². The molecule has 0 radical (unpaired) electrons. The number of carbonyl (C=O) groups is 2. The van der Waals surface area contributed by atoms with E-state index < -0.39 is 0 Å². The van der Waals surface area contributed by atoms with Gasteiger partial charge in [-0.3, -0.25) is 9.59 Å². The van der Waals surface area contributed by atoms with E-state index in [0.717, 1.165) is 0 Å². The predicted molar refractivity (Wildman–Crippen MR) is 80.5 cm³/mol. The molecule has 0 aliphatic carbocycles. The van der Waals surface area contributed by atoms with Crippen molar-refractivity contribution >= 4 is 23.2 Å². The molecule has 5 nitrogen and oxygen atoms in total. The number of amides is 2. The highest BCUT2D eigenvalue weighted by Gasteiger charge is 2.20. The standard InChI is InChI=1S/C14H19N3O2S/c1-3-16-12(18)10-17(4-2)14(19)13-11(6-5-8-15)7-9-20-13/h7,9H,3-4,8,10,15H2,1-2H3,(H,16,18). The molecule has 0 aliphatic heterocycles. The molecule has 0 aromatic carbocycles. The number of nitrogens with two attached hydrogens (primary N) is 1. The number of carbonyl (C=O) groups excluding carboxylic acids is 2. The first kappa shape index (κ1) is 16.2. The molecule has 3 N–H and O–H groups in total. The highest BCUT2D eigenvalue weighted by Crippen LogP contribution is 2.18. The van der Waals surface area contributed by atoms with E-state index in [1.165, 1.54) is 16.2 Å². The summed E-state index contributed by atoms with van der Waals surface area (Å²) < 4.78 is 0. The maximum Gasteiger partial charge on any atom is 0.265 e. The summed E-state index contributed by atoms with van der Waals surface area (Å²) in [6.07, 6.45) is 0. The van der Waals surface area contributed by atoms with E-state index >= 15 is 0 Å². The van der Waals surface area contributed by atoms with E-state index in [4.69, 9.17) is 5.73 Å². The van der Waals surface area contributed by atoms with E-state index in [9.17, 15) is 9.59 Å². The SMILES string of the molecule is CCNC(=O)CN(CC)C(=O)c1sccc1C#CCN. The van der Waals surface area contributed by atoms with Crippen molar-refractivity contribution in [2.45, 2.75) is 13.8 Å². The van der Waals surface area contributed by atoms with E-state index in [-0.39, 0.29) is 24.9 Å². The fraction of sp³-hybridized carbons (Fsp3) is 0.429. The van der Waals surface area contributed by atoms with E-state index in [0.29, 0.717) is 23.5 Å². The molecule has 108 valence electrons. The van der Waals surface area contributed by atoms with Crippen molar-refractivity contribution in [1.29, 1.82) is 0 Å². The number of hydrogen-bond acceptors (Lipinski definition) is 4. The molecule has 1 heterocycles. The van der Waals surface area contributed by atoms with Crippen LogP contribution in [-0.4, -0.2) is 42.9 Å². The van der Waals surface area contributed by atoms with Crippen LogP contribution in [-0.2, 0) is 4.79 Å². The van der Waals surface area contributed by atoms with Crippen LogP contribution in [0, 0.1) is 11.8 Å². The molecule has 2 amide bonds. The molecule has 0 saturated heterocycles. The zero-order valence-electron chi connectivity index (χ0n) is 11.7. The van der Waals surface area contributed by atoms with Gasteiger partial charge in [0.25, 0.3) is 5.91 Å². The average molecular weight is 293 g/mol. The quantitative estimate of drug-likeness (QED) is 0.783. The predicted octanol–water partition coefficient (Wildman–Crippen LogP) is 0.656. The summed E-state index contributed by atoms with van der Waals surface area (Å²) in [6, 6.07) is 1.79. The minimum absolute atomic E-state index is 0.0603. The van der Waals surface area contributed by atoms with Gasteiger partial charge in [-0.25, -0.2) is 0 Å². The topological polar surface area (TPSA) is 75.4 Å². The lowest BCUT2D eigenvalue weighted by molar-refractivity contribution is -0.121. The van der Waals surface area contributed by atoms with Crippen molar-refractivity contribution in [3.8, 4) is 11.8 Å². The Labute approximate surface area is 123 Å². The minimum Gasteiger partial charge on any atom is -0.355 e. The van der Waals surface area contributed by atoms with Crippen molar-refractivity contribution in [2.24, 2.45) is 5.73 Å². The maximum absolute atomic E-state index is 12.4. The van der Waals surface area contributed by atoms with Gasteiger partial charge in [0.15, 0.2) is 0 Å². The summed E-state index contributed by atoms with van der Waals surface area (Å²) in [5.41, 5.74) is 6.00. The third kappa shape index (κ3) is 4.37. The van der Waals surface area contributed by atoms with Crippen molar-refractivity contribution in [3.63, 3.8) is 0 Å². The largest absolute Gasteiger partial charge is 0.355 e. The summed E-state index contributed by atoms with van der Waals surface area (Å²) in [5, 5.41) is 4.50. The second kappa shape index (κ2) is 8.35. The molecule has 0 fully saturated rings. The average Bonchev–Trinajstić information content (AvgIpc) is 2.90. The smallest absolute Gasteiger partial charge is 0.265 e. The van der Waals surface area contributed by atoms with Gasteiger partial charge in [-0.1, -0.05) is 11.8 Å². The number of rotatable bonds is 5. The lowest BCUT2D eigenvalue weighted by Crippen LogP contribution is -2.40. The Morgan fingerprint density at radius 3 is 2.80 bits per heavy atom. The monoisotopic (exact) mass is 293 g/mol. The second-order valence-corrected chi connectivity index (χ2v) is 4.86. The summed E-state index contributed by atoms with van der Waals surface area (Å²) in [6.45, 7) is 5.02. The molecule has 0 spiro atoms. The summed E-state index contributed by atoms with van der Waals surface area (Å²) in [5.74, 6) is 5.29. The Morgan fingerprint density at radius 2 is 2.20 bits per heavy atom. The van der Waals surface area contributed by atoms with E-state index in [1.807, 2.05) is 19.2 Å². The number of thiophene rings is 1. The van der Waals surface area contributed by atoms with Crippen LogP contribution in [0.15, 0.2) is 11.4 Å². The van der Waals surface area contributed by atoms with Crippen LogP contribution in [0.5, 0.6) is 0 Å². The molecule has 0 saturated carbocycles. The van der Waals surface area contributed by atoms with Gasteiger partial charge in [-0.05, 0) is 25.3 Å². The van der Waals surface area contributed by atoms with Gasteiger partial charge in [0, 0.05) is 18.7 Å². The normalized spacial score (nSPS) is 9.55. The Bertz CT molecular complexity index is 528. The highest BCUT2D eigenvalue weighted by molar-refractivity contribution is 7.12. The Kier molecular flexibility index (Phi) is 6.77. The Balaban J connectivity index is 2.86. The fourth-order valence-corrected chi connectivity index (χ4v) is 2.43. The molecular formula is C14H19N3O2S. The maximum atomic E-state index is 12.4. The number of nitrogens with zero attached hydrogens (tertiary/aromatic N) is 1. The van der Waals surface area contributed by atoms with Crippen molar-refractivity contribution in [1.82, 2.24) is 10.2 Å². The number of nitrogens with one attached hydrogen (secondary N) is 1. The van der Waals surface area contributed by atoms with Gasteiger partial charge in [0.2, 0.25) is 5.91 Å². The third-order valence-corrected chi connectivity index (χ3v) is 3.46. The van der Waals surface area contributed by atoms with E-state index in [2.05, 4.69) is 17.2 Å². The van der Waals surface area contributed by atoms with Crippen molar-refractivity contribution in [2.75, 3.05) is 26.2 Å². The van der Waals surface area contributed by atoms with Gasteiger partial charge in [0.1, 0.15) is 4.88 Å².